The van der Waals surface area contributed by atoms with Gasteiger partial charge in [-0.1, -0.05) is 6.07 Å². The van der Waals surface area contributed by atoms with Crippen LogP contribution in [0.5, 0.6) is 5.75 Å². The molecule has 0 aromatic heterocycles. The molecule has 1 fully saturated rings. The Hall–Kier alpha value is -1.06. The molecule has 0 radical (unpaired) electrons. The Kier molecular flexibility index (Phi) is 3.69. The fourth-order valence-corrected chi connectivity index (χ4v) is 2.04. The number of methoxy groups -OCH3 is 1. The topological polar surface area (TPSA) is 41.5 Å². The quantitative estimate of drug-likeness (QED) is 0.821. The van der Waals surface area contributed by atoms with Gasteiger partial charge >= 0.3 is 0 Å². The van der Waals surface area contributed by atoms with Gasteiger partial charge in [-0.25, -0.2) is 0 Å². The highest BCUT2D eigenvalue weighted by Gasteiger charge is 2.26. The molecular formula is C14H21NO2. The lowest BCUT2D eigenvalue weighted by Crippen LogP contribution is -2.26. The molecule has 2 rings (SSSR count). The number of hydrogen-bond donors (Lipinski definition) is 2. The molecule has 94 valence electrons. The summed E-state index contributed by atoms with van der Waals surface area (Å²) in [6.45, 7) is 4.27. The van der Waals surface area contributed by atoms with E-state index in [1.165, 1.54) is 24.0 Å². The van der Waals surface area contributed by atoms with Crippen LogP contribution < -0.4 is 10.1 Å². The van der Waals surface area contributed by atoms with Gasteiger partial charge < -0.3 is 15.2 Å². The molecule has 0 amide bonds. The molecule has 17 heavy (non-hydrogen) atoms. The number of ether oxygens (including phenoxy) is 1. The summed E-state index contributed by atoms with van der Waals surface area (Å²) < 4.78 is 5.41. The highest BCUT2D eigenvalue weighted by molar-refractivity contribution is 5.43. The van der Waals surface area contributed by atoms with Crippen molar-refractivity contribution in [3.8, 4) is 5.75 Å². The van der Waals surface area contributed by atoms with Crippen molar-refractivity contribution in [1.29, 1.82) is 0 Å². The van der Waals surface area contributed by atoms with Crippen LogP contribution in [0.25, 0.3) is 0 Å². The number of hydrogen-bond acceptors (Lipinski definition) is 3. The van der Waals surface area contributed by atoms with Crippen LogP contribution in [-0.4, -0.2) is 24.9 Å². The van der Waals surface area contributed by atoms with E-state index in [-0.39, 0.29) is 12.6 Å². The summed E-state index contributed by atoms with van der Waals surface area (Å²) in [5, 5.41) is 13.0. The van der Waals surface area contributed by atoms with Gasteiger partial charge in [0.25, 0.3) is 0 Å². The molecule has 0 heterocycles. The highest BCUT2D eigenvalue weighted by atomic mass is 16.5. The molecule has 1 saturated carbocycles. The lowest BCUT2D eigenvalue weighted by molar-refractivity contribution is 0.240. The maximum Gasteiger partial charge on any atom is 0.124 e. The Morgan fingerprint density at radius 3 is 2.53 bits per heavy atom. The summed E-state index contributed by atoms with van der Waals surface area (Å²) in [5.74, 6) is 0.861. The van der Waals surface area contributed by atoms with Gasteiger partial charge in [0.05, 0.1) is 19.8 Å². The monoisotopic (exact) mass is 235 g/mol. The molecule has 0 saturated heterocycles. The summed E-state index contributed by atoms with van der Waals surface area (Å²) in [7, 11) is 1.68. The minimum atomic E-state index is -0.0169. The average Bonchev–Trinajstić information content (AvgIpc) is 3.13. The molecule has 1 aliphatic rings. The van der Waals surface area contributed by atoms with E-state index >= 15 is 0 Å². The molecule has 0 spiro atoms. The van der Waals surface area contributed by atoms with E-state index in [2.05, 4.69) is 25.2 Å². The van der Waals surface area contributed by atoms with Gasteiger partial charge in [0.1, 0.15) is 5.75 Å². The number of aliphatic hydroxyl groups excluding tert-OH is 1. The zero-order valence-corrected chi connectivity index (χ0v) is 10.8. The molecule has 1 unspecified atom stereocenters. The molecule has 1 aliphatic carbocycles. The van der Waals surface area contributed by atoms with Crippen molar-refractivity contribution in [2.24, 2.45) is 0 Å². The summed E-state index contributed by atoms with van der Waals surface area (Å²) in [6.07, 6.45) is 2.42. The number of rotatable bonds is 5. The first-order chi connectivity index (χ1) is 8.15. The fourth-order valence-electron chi connectivity index (χ4n) is 2.04. The van der Waals surface area contributed by atoms with E-state index in [1.807, 2.05) is 6.07 Å². The van der Waals surface area contributed by atoms with Crippen LogP contribution in [0.4, 0.5) is 0 Å². The summed E-state index contributed by atoms with van der Waals surface area (Å²) in [6, 6.07) is 4.71. The fraction of sp³-hybridized carbons (Fsp3) is 0.571. The molecule has 2 N–H and O–H groups in total. The van der Waals surface area contributed by atoms with Crippen molar-refractivity contribution in [3.05, 3.63) is 28.8 Å². The van der Waals surface area contributed by atoms with Crippen LogP contribution in [0.3, 0.4) is 0 Å². The summed E-state index contributed by atoms with van der Waals surface area (Å²) in [4.78, 5) is 0. The van der Waals surface area contributed by atoms with Crippen molar-refractivity contribution in [1.82, 2.24) is 5.32 Å². The molecule has 3 nitrogen and oxygen atoms in total. The largest absolute Gasteiger partial charge is 0.496 e. The third kappa shape index (κ3) is 2.79. The third-order valence-electron chi connectivity index (χ3n) is 3.42. The predicted octanol–water partition coefficient (Wildman–Crippen LogP) is 2.10. The highest BCUT2D eigenvalue weighted by Crippen LogP contribution is 2.31. The van der Waals surface area contributed by atoms with Crippen LogP contribution in [0, 0.1) is 13.8 Å². The van der Waals surface area contributed by atoms with Gasteiger partial charge in [0, 0.05) is 11.6 Å². The maximum atomic E-state index is 9.52. The van der Waals surface area contributed by atoms with E-state index in [9.17, 15) is 5.11 Å². The molecule has 1 aromatic carbocycles. The molecule has 0 aliphatic heterocycles. The van der Waals surface area contributed by atoms with Crippen LogP contribution in [-0.2, 0) is 0 Å². The lowest BCUT2D eigenvalue weighted by Gasteiger charge is -2.20. The van der Waals surface area contributed by atoms with Crippen molar-refractivity contribution in [2.75, 3.05) is 13.7 Å². The third-order valence-corrected chi connectivity index (χ3v) is 3.42. The second-order valence-corrected chi connectivity index (χ2v) is 4.85. The van der Waals surface area contributed by atoms with Crippen LogP contribution in [0.1, 0.15) is 35.6 Å². The minimum Gasteiger partial charge on any atom is -0.496 e. The Balaban J connectivity index is 2.29. The van der Waals surface area contributed by atoms with Crippen LogP contribution >= 0.6 is 0 Å². The van der Waals surface area contributed by atoms with Crippen molar-refractivity contribution < 1.29 is 9.84 Å². The Bertz CT molecular complexity index is 399. The SMILES string of the molecule is COc1cc(C)c(C)cc1C(CO)NC1CC1. The number of nitrogens with one attached hydrogen (secondary N) is 1. The number of benzene rings is 1. The van der Waals surface area contributed by atoms with E-state index < -0.39 is 0 Å². The average molecular weight is 235 g/mol. The molecule has 0 bridgehead atoms. The van der Waals surface area contributed by atoms with Crippen molar-refractivity contribution >= 4 is 0 Å². The predicted molar refractivity (Wildman–Crippen MR) is 68.5 cm³/mol. The minimum absolute atomic E-state index is 0.0169. The number of aryl methyl sites for hydroxylation is 2. The summed E-state index contributed by atoms with van der Waals surface area (Å²) in [5.41, 5.74) is 3.51. The Labute approximate surface area is 103 Å². The molecule has 1 aromatic rings. The van der Waals surface area contributed by atoms with Gasteiger partial charge in [-0.15, -0.1) is 0 Å². The number of aliphatic hydroxyl groups is 1. The van der Waals surface area contributed by atoms with E-state index in [0.29, 0.717) is 6.04 Å². The first-order valence-electron chi connectivity index (χ1n) is 6.17. The molecule has 1 atom stereocenters. The van der Waals surface area contributed by atoms with Crippen molar-refractivity contribution in [2.45, 2.75) is 38.8 Å². The zero-order chi connectivity index (χ0) is 12.4. The van der Waals surface area contributed by atoms with Crippen molar-refractivity contribution in [3.63, 3.8) is 0 Å². The summed E-state index contributed by atoms with van der Waals surface area (Å²) >= 11 is 0. The zero-order valence-electron chi connectivity index (χ0n) is 10.8. The Morgan fingerprint density at radius 1 is 1.35 bits per heavy atom. The van der Waals surface area contributed by atoms with E-state index in [4.69, 9.17) is 4.74 Å². The first-order valence-corrected chi connectivity index (χ1v) is 6.17. The van der Waals surface area contributed by atoms with Gasteiger partial charge in [-0.05, 0) is 43.9 Å². The first kappa shape index (κ1) is 12.4. The second kappa shape index (κ2) is 5.07. The van der Waals surface area contributed by atoms with Gasteiger partial charge in [-0.3, -0.25) is 0 Å². The van der Waals surface area contributed by atoms with Crippen LogP contribution in [0.15, 0.2) is 12.1 Å². The maximum absolute atomic E-state index is 9.52. The van der Waals surface area contributed by atoms with Gasteiger partial charge in [0.2, 0.25) is 0 Å². The smallest absolute Gasteiger partial charge is 0.124 e. The normalized spacial score (nSPS) is 16.9. The second-order valence-electron chi connectivity index (χ2n) is 4.85. The molecule has 3 heteroatoms. The van der Waals surface area contributed by atoms with Gasteiger partial charge in [-0.2, -0.15) is 0 Å². The van der Waals surface area contributed by atoms with Gasteiger partial charge in [0.15, 0.2) is 0 Å². The molecular weight excluding hydrogens is 214 g/mol. The lowest BCUT2D eigenvalue weighted by atomic mass is 10.00. The van der Waals surface area contributed by atoms with Crippen LogP contribution in [0.2, 0.25) is 0 Å². The van der Waals surface area contributed by atoms with E-state index in [1.54, 1.807) is 7.11 Å². The Morgan fingerprint density at radius 2 is 2.00 bits per heavy atom. The standard InChI is InChI=1S/C14H21NO2/c1-9-6-12(14(17-3)7-10(9)2)13(8-16)15-11-4-5-11/h6-7,11,13,15-16H,4-5,8H2,1-3H3. The van der Waals surface area contributed by atoms with E-state index in [0.717, 1.165) is 11.3 Å².